The SMILES string of the molecule is CC(C)(C)c1ccc(NCCCC[C@H](NC(=O)c2ccc(NCc3cnc4nc(N)nc(N)c4n3)cc2)C(=O)O)c(C(=O)O)c1. The van der Waals surface area contributed by atoms with Gasteiger partial charge in [0, 0.05) is 23.5 Å². The van der Waals surface area contributed by atoms with E-state index in [-0.39, 0.29) is 29.2 Å². The average molecular weight is 616 g/mol. The summed E-state index contributed by atoms with van der Waals surface area (Å²) in [6, 6.07) is 10.8. The largest absolute Gasteiger partial charge is 0.480 e. The first-order valence-corrected chi connectivity index (χ1v) is 14.4. The molecular formula is C31H37N9O5. The van der Waals surface area contributed by atoms with Crippen LogP contribution in [0.5, 0.6) is 0 Å². The molecule has 9 N–H and O–H groups in total. The van der Waals surface area contributed by atoms with Gasteiger partial charge in [0.05, 0.1) is 24.0 Å². The third kappa shape index (κ3) is 8.53. The lowest BCUT2D eigenvalue weighted by Crippen LogP contribution is -2.40. The van der Waals surface area contributed by atoms with Crippen molar-refractivity contribution in [3.8, 4) is 0 Å². The van der Waals surface area contributed by atoms with E-state index in [2.05, 4.69) is 35.9 Å². The molecule has 45 heavy (non-hydrogen) atoms. The maximum atomic E-state index is 12.8. The van der Waals surface area contributed by atoms with Crippen LogP contribution in [0.25, 0.3) is 11.2 Å². The molecule has 0 saturated carbocycles. The molecule has 236 valence electrons. The van der Waals surface area contributed by atoms with Crippen LogP contribution in [-0.2, 0) is 16.8 Å². The summed E-state index contributed by atoms with van der Waals surface area (Å²) < 4.78 is 0. The quantitative estimate of drug-likeness (QED) is 0.107. The van der Waals surface area contributed by atoms with Crippen molar-refractivity contribution in [1.29, 1.82) is 0 Å². The minimum absolute atomic E-state index is 0.0162. The van der Waals surface area contributed by atoms with E-state index in [1.807, 2.05) is 26.8 Å². The molecule has 0 spiro atoms. The summed E-state index contributed by atoms with van der Waals surface area (Å²) in [5.74, 6) is -2.51. The Kier molecular flexibility index (Phi) is 9.96. The highest BCUT2D eigenvalue weighted by atomic mass is 16.4. The van der Waals surface area contributed by atoms with Gasteiger partial charge >= 0.3 is 11.9 Å². The van der Waals surface area contributed by atoms with Gasteiger partial charge in [0.15, 0.2) is 17.0 Å². The van der Waals surface area contributed by atoms with Gasteiger partial charge in [-0.05, 0) is 66.6 Å². The number of amides is 1. The molecule has 0 unspecified atom stereocenters. The number of hydrogen-bond donors (Lipinski definition) is 7. The Balaban J connectivity index is 1.26. The van der Waals surface area contributed by atoms with E-state index in [9.17, 15) is 24.6 Å². The first-order valence-electron chi connectivity index (χ1n) is 14.4. The highest BCUT2D eigenvalue weighted by Crippen LogP contribution is 2.27. The zero-order valence-corrected chi connectivity index (χ0v) is 25.3. The number of carbonyl (C=O) groups excluding carboxylic acids is 1. The lowest BCUT2D eigenvalue weighted by molar-refractivity contribution is -0.139. The van der Waals surface area contributed by atoms with Crippen LogP contribution < -0.4 is 27.4 Å². The Bertz CT molecular complexity index is 1700. The van der Waals surface area contributed by atoms with Crippen molar-refractivity contribution in [3.63, 3.8) is 0 Å². The zero-order chi connectivity index (χ0) is 32.7. The molecule has 0 saturated heterocycles. The molecule has 4 rings (SSSR count). The van der Waals surface area contributed by atoms with Gasteiger partial charge in [0.1, 0.15) is 6.04 Å². The van der Waals surface area contributed by atoms with Crippen molar-refractivity contribution in [2.24, 2.45) is 0 Å². The van der Waals surface area contributed by atoms with Crippen LogP contribution >= 0.6 is 0 Å². The molecule has 0 bridgehead atoms. The fourth-order valence-corrected chi connectivity index (χ4v) is 4.54. The van der Waals surface area contributed by atoms with Gasteiger partial charge < -0.3 is 37.6 Å². The smallest absolute Gasteiger partial charge is 0.337 e. The number of hydrogen-bond acceptors (Lipinski definition) is 11. The molecule has 0 radical (unpaired) electrons. The van der Waals surface area contributed by atoms with Crippen molar-refractivity contribution < 1.29 is 24.6 Å². The van der Waals surface area contributed by atoms with E-state index in [1.54, 1.807) is 42.6 Å². The Morgan fingerprint density at radius 3 is 2.33 bits per heavy atom. The molecule has 2 heterocycles. The van der Waals surface area contributed by atoms with E-state index in [1.165, 1.54) is 0 Å². The predicted molar refractivity (Wildman–Crippen MR) is 171 cm³/mol. The van der Waals surface area contributed by atoms with Gasteiger partial charge in [-0.2, -0.15) is 9.97 Å². The van der Waals surface area contributed by atoms with E-state index >= 15 is 0 Å². The fourth-order valence-electron chi connectivity index (χ4n) is 4.54. The second-order valence-electron chi connectivity index (χ2n) is 11.5. The third-order valence-electron chi connectivity index (χ3n) is 7.08. The number of fused-ring (bicyclic) bond motifs is 1. The second kappa shape index (κ2) is 13.8. The summed E-state index contributed by atoms with van der Waals surface area (Å²) in [6.07, 6.45) is 2.84. The number of carboxylic acids is 2. The minimum atomic E-state index is -1.13. The maximum Gasteiger partial charge on any atom is 0.337 e. The number of benzene rings is 2. The number of nitrogens with zero attached hydrogens (tertiary/aromatic N) is 4. The van der Waals surface area contributed by atoms with Crippen molar-refractivity contribution >= 4 is 52.2 Å². The summed E-state index contributed by atoms with van der Waals surface area (Å²) in [5.41, 5.74) is 15.1. The maximum absolute atomic E-state index is 12.8. The molecule has 0 aliphatic carbocycles. The van der Waals surface area contributed by atoms with Crippen LogP contribution in [0.3, 0.4) is 0 Å². The number of carbonyl (C=O) groups is 3. The van der Waals surface area contributed by atoms with Gasteiger partial charge in [0.25, 0.3) is 5.91 Å². The normalized spacial score (nSPS) is 12.0. The fraction of sp³-hybridized carbons (Fsp3) is 0.323. The molecule has 14 heteroatoms. The average Bonchev–Trinajstić information content (AvgIpc) is 2.98. The standard InChI is InChI=1S/C31H37N9O5/c1-31(2,3)18-9-12-22(21(14-18)28(42)43)34-13-5-4-6-23(29(44)45)38-27(41)17-7-10-19(11-8-17)35-15-20-16-36-26-24(37-20)25(32)39-30(33)40-26/h7-12,14,16,23,34-35H,4-6,13,15H2,1-3H3,(H,38,41)(H,42,43)(H,44,45)(H4,32,33,36,39,40)/t23-/m0/s1. The van der Waals surface area contributed by atoms with E-state index in [0.29, 0.717) is 59.7 Å². The monoisotopic (exact) mass is 615 g/mol. The molecule has 1 atom stereocenters. The number of unbranched alkanes of at least 4 members (excludes halogenated alkanes) is 1. The van der Waals surface area contributed by atoms with E-state index in [0.717, 1.165) is 5.56 Å². The highest BCUT2D eigenvalue weighted by molar-refractivity contribution is 5.97. The first kappa shape index (κ1) is 32.4. The molecule has 2 aromatic heterocycles. The van der Waals surface area contributed by atoms with Crippen LogP contribution in [0.4, 0.5) is 23.1 Å². The number of nitrogens with two attached hydrogens (primary N) is 2. The molecule has 0 aliphatic heterocycles. The lowest BCUT2D eigenvalue weighted by Gasteiger charge is -2.21. The van der Waals surface area contributed by atoms with Crippen molar-refractivity contribution in [3.05, 3.63) is 71.0 Å². The highest BCUT2D eigenvalue weighted by Gasteiger charge is 2.21. The van der Waals surface area contributed by atoms with Crippen LogP contribution in [-0.4, -0.2) is 60.6 Å². The van der Waals surface area contributed by atoms with Gasteiger partial charge in [-0.3, -0.25) is 4.79 Å². The van der Waals surface area contributed by atoms with Gasteiger partial charge in [-0.15, -0.1) is 0 Å². The molecular weight excluding hydrogens is 578 g/mol. The molecule has 4 aromatic rings. The number of anilines is 4. The van der Waals surface area contributed by atoms with Gasteiger partial charge in [0.2, 0.25) is 5.95 Å². The number of aromatic nitrogens is 4. The third-order valence-corrected chi connectivity index (χ3v) is 7.08. The number of nitrogens with one attached hydrogen (secondary N) is 3. The van der Waals surface area contributed by atoms with Crippen molar-refractivity contribution in [2.75, 3.05) is 28.6 Å². The van der Waals surface area contributed by atoms with Crippen molar-refractivity contribution in [1.82, 2.24) is 25.3 Å². The van der Waals surface area contributed by atoms with Crippen LogP contribution in [0.2, 0.25) is 0 Å². The molecule has 14 nitrogen and oxygen atoms in total. The summed E-state index contributed by atoms with van der Waals surface area (Å²) >= 11 is 0. The van der Waals surface area contributed by atoms with Crippen molar-refractivity contribution in [2.45, 2.75) is 58.0 Å². The second-order valence-corrected chi connectivity index (χ2v) is 11.5. The minimum Gasteiger partial charge on any atom is -0.480 e. The van der Waals surface area contributed by atoms with Crippen LogP contribution in [0.1, 0.15) is 72.0 Å². The number of aromatic carboxylic acids is 1. The Labute approximate surface area is 259 Å². The van der Waals surface area contributed by atoms with Crippen LogP contribution in [0.15, 0.2) is 48.7 Å². The lowest BCUT2D eigenvalue weighted by atomic mass is 9.86. The predicted octanol–water partition coefficient (Wildman–Crippen LogP) is 3.66. The molecule has 2 aromatic carbocycles. The summed E-state index contributed by atoms with van der Waals surface area (Å²) in [4.78, 5) is 52.9. The number of carboxylic acid groups (broad SMARTS) is 2. The number of nitrogen functional groups attached to an aromatic ring is 2. The Morgan fingerprint density at radius 2 is 1.67 bits per heavy atom. The van der Waals surface area contributed by atoms with Crippen LogP contribution in [0, 0.1) is 0 Å². The zero-order valence-electron chi connectivity index (χ0n) is 25.3. The molecule has 0 aliphatic rings. The number of rotatable bonds is 13. The Hall–Kier alpha value is -5.53. The van der Waals surface area contributed by atoms with Gasteiger partial charge in [-0.25, -0.2) is 19.6 Å². The summed E-state index contributed by atoms with van der Waals surface area (Å²) in [6.45, 7) is 6.81. The van der Waals surface area contributed by atoms with E-state index in [4.69, 9.17) is 11.5 Å². The number of aliphatic carboxylic acids is 1. The summed E-state index contributed by atoms with van der Waals surface area (Å²) in [5, 5.41) is 28.2. The summed E-state index contributed by atoms with van der Waals surface area (Å²) in [7, 11) is 0. The molecule has 1 amide bonds. The van der Waals surface area contributed by atoms with Gasteiger partial charge in [-0.1, -0.05) is 26.8 Å². The Morgan fingerprint density at radius 1 is 0.933 bits per heavy atom. The first-order chi connectivity index (χ1) is 21.3. The molecule has 0 fully saturated rings. The topological polar surface area (TPSA) is 231 Å². The van der Waals surface area contributed by atoms with E-state index < -0.39 is 23.9 Å².